The van der Waals surface area contributed by atoms with Crippen LogP contribution in [-0.4, -0.2) is 29.0 Å². The summed E-state index contributed by atoms with van der Waals surface area (Å²) in [6, 6.07) is 19.5. The van der Waals surface area contributed by atoms with Crippen molar-refractivity contribution in [2.24, 2.45) is 0 Å². The number of phenols is 1. The number of anilines is 1. The number of hydrogen-bond acceptors (Lipinski definition) is 5. The van der Waals surface area contributed by atoms with Crippen molar-refractivity contribution in [2.75, 3.05) is 12.0 Å². The zero-order chi connectivity index (χ0) is 22.8. The molecule has 0 bridgehead atoms. The van der Waals surface area contributed by atoms with Crippen LogP contribution in [0.1, 0.15) is 29.7 Å². The average Bonchev–Trinajstić information content (AvgIpc) is 3.09. The van der Waals surface area contributed by atoms with Crippen molar-refractivity contribution < 1.29 is 24.5 Å². The van der Waals surface area contributed by atoms with Gasteiger partial charge in [0.05, 0.1) is 24.4 Å². The fourth-order valence-corrected chi connectivity index (χ4v) is 3.90. The van der Waals surface area contributed by atoms with Crippen molar-refractivity contribution in [3.05, 3.63) is 95.1 Å². The van der Waals surface area contributed by atoms with Crippen molar-refractivity contribution in [3.8, 4) is 11.5 Å². The molecule has 162 valence electrons. The first-order chi connectivity index (χ1) is 15.5. The van der Waals surface area contributed by atoms with Crippen LogP contribution in [0.3, 0.4) is 0 Å². The van der Waals surface area contributed by atoms with E-state index in [1.807, 2.05) is 19.1 Å². The highest BCUT2D eigenvalue weighted by Gasteiger charge is 2.47. The molecular formula is C26H23NO5. The Morgan fingerprint density at radius 1 is 0.969 bits per heavy atom. The van der Waals surface area contributed by atoms with Gasteiger partial charge < -0.3 is 14.9 Å². The average molecular weight is 429 g/mol. The molecule has 1 amide bonds. The van der Waals surface area contributed by atoms with Gasteiger partial charge in [0.15, 0.2) is 0 Å². The van der Waals surface area contributed by atoms with Crippen LogP contribution in [0.15, 0.2) is 78.4 Å². The van der Waals surface area contributed by atoms with Crippen LogP contribution in [0, 0.1) is 0 Å². The molecule has 1 fully saturated rings. The topological polar surface area (TPSA) is 87.1 Å². The third-order valence-corrected chi connectivity index (χ3v) is 5.65. The molecule has 0 aromatic heterocycles. The number of phenolic OH excluding ortho intramolecular Hbond substituents is 1. The number of rotatable bonds is 5. The van der Waals surface area contributed by atoms with E-state index in [1.54, 1.807) is 61.7 Å². The summed E-state index contributed by atoms with van der Waals surface area (Å²) < 4.78 is 5.22. The van der Waals surface area contributed by atoms with Crippen LogP contribution >= 0.6 is 0 Å². The van der Waals surface area contributed by atoms with Crippen molar-refractivity contribution in [3.63, 3.8) is 0 Å². The molecular weight excluding hydrogens is 406 g/mol. The molecule has 6 heteroatoms. The summed E-state index contributed by atoms with van der Waals surface area (Å²) in [5.74, 6) is -1.42. The molecule has 2 N–H and O–H groups in total. The number of hydrogen-bond donors (Lipinski definition) is 2. The first-order valence-corrected chi connectivity index (χ1v) is 10.3. The van der Waals surface area contributed by atoms with E-state index in [0.717, 1.165) is 12.0 Å². The normalized spacial score (nSPS) is 17.6. The van der Waals surface area contributed by atoms with Crippen LogP contribution in [0.2, 0.25) is 0 Å². The number of aryl methyl sites for hydroxylation is 1. The summed E-state index contributed by atoms with van der Waals surface area (Å²) in [6.07, 6.45) is 0.838. The van der Waals surface area contributed by atoms with E-state index in [4.69, 9.17) is 4.74 Å². The Kier molecular flexibility index (Phi) is 5.69. The van der Waals surface area contributed by atoms with Crippen molar-refractivity contribution in [1.29, 1.82) is 0 Å². The molecule has 1 aliphatic rings. The second kappa shape index (κ2) is 8.59. The van der Waals surface area contributed by atoms with E-state index in [1.165, 1.54) is 11.0 Å². The maximum Gasteiger partial charge on any atom is 0.300 e. The summed E-state index contributed by atoms with van der Waals surface area (Å²) in [7, 11) is 1.54. The Morgan fingerprint density at radius 2 is 1.62 bits per heavy atom. The van der Waals surface area contributed by atoms with Gasteiger partial charge >= 0.3 is 0 Å². The zero-order valence-corrected chi connectivity index (χ0v) is 17.8. The number of benzene rings is 3. The van der Waals surface area contributed by atoms with E-state index >= 15 is 0 Å². The molecule has 1 saturated heterocycles. The summed E-state index contributed by atoms with van der Waals surface area (Å²) in [5.41, 5.74) is 2.28. The highest BCUT2D eigenvalue weighted by atomic mass is 16.5. The standard InChI is InChI=1S/C26H23NO5/c1-3-16-8-10-18(11-9-16)24(29)22-23(17-12-14-19(32-2)15-13-17)27(26(31)25(22)30)20-6-4-5-7-21(20)28/h4-15,23,28-29H,3H2,1-2H3/b24-22+. The van der Waals surface area contributed by atoms with Gasteiger partial charge in [-0.15, -0.1) is 0 Å². The number of aromatic hydroxyl groups is 1. The van der Waals surface area contributed by atoms with Crippen LogP contribution in [0.25, 0.3) is 5.76 Å². The number of para-hydroxylation sites is 2. The number of nitrogens with zero attached hydrogens (tertiary/aromatic N) is 1. The minimum absolute atomic E-state index is 0.0346. The van der Waals surface area contributed by atoms with E-state index in [-0.39, 0.29) is 22.8 Å². The largest absolute Gasteiger partial charge is 0.507 e. The van der Waals surface area contributed by atoms with Crippen LogP contribution in [-0.2, 0) is 16.0 Å². The van der Waals surface area contributed by atoms with Gasteiger partial charge in [-0.05, 0) is 41.8 Å². The number of aliphatic hydroxyl groups is 1. The van der Waals surface area contributed by atoms with E-state index in [9.17, 15) is 19.8 Å². The Labute approximate surface area is 186 Å². The lowest BCUT2D eigenvalue weighted by Gasteiger charge is -2.26. The summed E-state index contributed by atoms with van der Waals surface area (Å²) in [4.78, 5) is 27.5. The lowest BCUT2D eigenvalue weighted by Crippen LogP contribution is -2.29. The first kappa shape index (κ1) is 21.2. The maximum atomic E-state index is 13.1. The van der Waals surface area contributed by atoms with E-state index in [2.05, 4.69) is 0 Å². The number of aliphatic hydroxyl groups excluding tert-OH is 1. The summed E-state index contributed by atoms with van der Waals surface area (Å²) in [5, 5.41) is 21.5. The molecule has 3 aromatic rings. The summed E-state index contributed by atoms with van der Waals surface area (Å²) >= 11 is 0. The SMILES string of the molecule is CCc1ccc(/C(O)=C2\C(=O)C(=O)N(c3ccccc3O)C2c2ccc(OC)cc2)cc1. The highest BCUT2D eigenvalue weighted by Crippen LogP contribution is 2.44. The molecule has 1 heterocycles. The maximum absolute atomic E-state index is 13.1. The number of carbonyl (C=O) groups is 2. The Balaban J connectivity index is 1.93. The van der Waals surface area contributed by atoms with Crippen LogP contribution in [0.5, 0.6) is 11.5 Å². The number of Topliss-reactive ketones (excluding diaryl/α,β-unsaturated/α-hetero) is 1. The molecule has 3 aromatic carbocycles. The minimum atomic E-state index is -0.917. The third kappa shape index (κ3) is 3.60. The monoisotopic (exact) mass is 429 g/mol. The Bertz CT molecular complexity index is 1200. The molecule has 6 nitrogen and oxygen atoms in total. The molecule has 1 unspecified atom stereocenters. The van der Waals surface area contributed by atoms with Gasteiger partial charge in [0.1, 0.15) is 17.3 Å². The highest BCUT2D eigenvalue weighted by molar-refractivity contribution is 6.51. The molecule has 4 rings (SSSR count). The van der Waals surface area contributed by atoms with Gasteiger partial charge in [0, 0.05) is 5.56 Å². The van der Waals surface area contributed by atoms with E-state index in [0.29, 0.717) is 16.9 Å². The van der Waals surface area contributed by atoms with Crippen molar-refractivity contribution in [2.45, 2.75) is 19.4 Å². The van der Waals surface area contributed by atoms with Gasteiger partial charge in [-0.3, -0.25) is 14.5 Å². The zero-order valence-electron chi connectivity index (χ0n) is 17.8. The first-order valence-electron chi connectivity index (χ1n) is 10.3. The quantitative estimate of drug-likeness (QED) is 0.352. The van der Waals surface area contributed by atoms with Crippen LogP contribution in [0.4, 0.5) is 5.69 Å². The van der Waals surface area contributed by atoms with Crippen LogP contribution < -0.4 is 9.64 Å². The number of carbonyl (C=O) groups excluding carboxylic acids is 2. The molecule has 0 aliphatic carbocycles. The number of amides is 1. The van der Waals surface area contributed by atoms with Gasteiger partial charge in [-0.2, -0.15) is 0 Å². The molecule has 0 spiro atoms. The molecule has 1 atom stereocenters. The van der Waals surface area contributed by atoms with Crippen molar-refractivity contribution >= 4 is 23.1 Å². The lowest BCUT2D eigenvalue weighted by molar-refractivity contribution is -0.132. The van der Waals surface area contributed by atoms with E-state index < -0.39 is 17.7 Å². The third-order valence-electron chi connectivity index (χ3n) is 5.65. The number of ether oxygens (including phenoxy) is 1. The minimum Gasteiger partial charge on any atom is -0.507 e. The van der Waals surface area contributed by atoms with Crippen molar-refractivity contribution in [1.82, 2.24) is 0 Å². The molecule has 32 heavy (non-hydrogen) atoms. The molecule has 0 radical (unpaired) electrons. The second-order valence-electron chi connectivity index (χ2n) is 7.48. The van der Waals surface area contributed by atoms with Gasteiger partial charge in [-0.25, -0.2) is 0 Å². The second-order valence-corrected chi connectivity index (χ2v) is 7.48. The number of ketones is 1. The van der Waals surface area contributed by atoms with Gasteiger partial charge in [0.25, 0.3) is 11.7 Å². The Hall–Kier alpha value is -4.06. The molecule has 0 saturated carbocycles. The fraction of sp³-hybridized carbons (Fsp3) is 0.154. The smallest absolute Gasteiger partial charge is 0.300 e. The van der Waals surface area contributed by atoms with Gasteiger partial charge in [-0.1, -0.05) is 55.5 Å². The Morgan fingerprint density at radius 3 is 2.22 bits per heavy atom. The predicted molar refractivity (Wildman–Crippen MR) is 122 cm³/mol. The fourth-order valence-electron chi connectivity index (χ4n) is 3.90. The predicted octanol–water partition coefficient (Wildman–Crippen LogP) is 4.59. The number of methoxy groups -OCH3 is 1. The lowest BCUT2D eigenvalue weighted by atomic mass is 9.94. The summed E-state index contributed by atoms with van der Waals surface area (Å²) in [6.45, 7) is 2.02. The van der Waals surface area contributed by atoms with Gasteiger partial charge in [0.2, 0.25) is 0 Å². The molecule has 1 aliphatic heterocycles.